The summed E-state index contributed by atoms with van der Waals surface area (Å²) in [6.45, 7) is 1.33. The molecule has 0 fully saturated rings. The SMILES string of the molecule is C[C@H](NC(=O)C1(Cl)SC=C(Cl)C1Cl)C(=O)O. The standard InChI is InChI=1S/C8H8Cl3NO3S/c1-3(6(13)14)12-7(15)8(11)5(10)4(9)2-16-8/h2-3,5H,1H3,(H,12,15)(H,13,14)/t3-,5?,8?/m0/s1. The number of aliphatic carboxylic acids is 1. The van der Waals surface area contributed by atoms with Crippen molar-refractivity contribution in [1.29, 1.82) is 0 Å². The van der Waals surface area contributed by atoms with Crippen molar-refractivity contribution in [3.8, 4) is 0 Å². The summed E-state index contributed by atoms with van der Waals surface area (Å²) in [7, 11) is 0. The molecule has 1 aliphatic heterocycles. The van der Waals surface area contributed by atoms with Crippen LogP contribution in [0.1, 0.15) is 6.92 Å². The number of rotatable bonds is 3. The third kappa shape index (κ3) is 2.59. The number of allylic oxidation sites excluding steroid dienone is 1. The minimum absolute atomic E-state index is 0.264. The molecule has 16 heavy (non-hydrogen) atoms. The Morgan fingerprint density at radius 3 is 2.62 bits per heavy atom. The summed E-state index contributed by atoms with van der Waals surface area (Å²) in [5.74, 6) is -1.82. The molecule has 0 spiro atoms. The Bertz CT molecular complexity index is 362. The lowest BCUT2D eigenvalue weighted by Crippen LogP contribution is -2.49. The number of carboxylic acids is 1. The lowest BCUT2D eigenvalue weighted by Gasteiger charge is -2.24. The quantitative estimate of drug-likeness (QED) is 0.782. The molecule has 0 saturated carbocycles. The molecule has 0 aliphatic carbocycles. The van der Waals surface area contributed by atoms with E-state index < -0.39 is 27.5 Å². The highest BCUT2D eigenvalue weighted by Gasteiger charge is 2.49. The first kappa shape index (κ1) is 14.0. The highest BCUT2D eigenvalue weighted by molar-refractivity contribution is 8.06. The second-order valence-electron chi connectivity index (χ2n) is 3.16. The minimum Gasteiger partial charge on any atom is -0.480 e. The number of nitrogens with one attached hydrogen (secondary N) is 1. The third-order valence-electron chi connectivity index (χ3n) is 1.94. The average Bonchev–Trinajstić information content (AvgIpc) is 2.47. The number of hydrogen-bond acceptors (Lipinski definition) is 3. The summed E-state index contributed by atoms with van der Waals surface area (Å²) < 4.78 is -1.48. The van der Waals surface area contributed by atoms with Crippen molar-refractivity contribution >= 4 is 58.4 Å². The van der Waals surface area contributed by atoms with Crippen LogP contribution in [0.4, 0.5) is 0 Å². The summed E-state index contributed by atoms with van der Waals surface area (Å²) in [6.07, 6.45) is 0. The number of alkyl halides is 2. The fourth-order valence-corrected chi connectivity index (χ4v) is 2.91. The zero-order chi connectivity index (χ0) is 12.5. The van der Waals surface area contributed by atoms with E-state index in [0.29, 0.717) is 0 Å². The maximum atomic E-state index is 11.7. The molecular formula is C8H8Cl3NO3S. The molecule has 0 saturated heterocycles. The predicted octanol–water partition coefficient (Wildman–Crippen LogP) is 1.95. The van der Waals surface area contributed by atoms with Crippen molar-refractivity contribution in [2.45, 2.75) is 22.5 Å². The molecule has 1 rings (SSSR count). The van der Waals surface area contributed by atoms with Gasteiger partial charge in [-0.1, -0.05) is 35.0 Å². The van der Waals surface area contributed by atoms with Crippen molar-refractivity contribution in [3.63, 3.8) is 0 Å². The summed E-state index contributed by atoms with van der Waals surface area (Å²) in [5.41, 5.74) is 0. The molecule has 1 heterocycles. The lowest BCUT2D eigenvalue weighted by atomic mass is 10.2. The molecule has 1 aliphatic rings. The van der Waals surface area contributed by atoms with Crippen LogP contribution in [0.5, 0.6) is 0 Å². The van der Waals surface area contributed by atoms with Crippen LogP contribution in [0.3, 0.4) is 0 Å². The average molecular weight is 305 g/mol. The predicted molar refractivity (Wildman–Crippen MR) is 65.0 cm³/mol. The molecular weight excluding hydrogens is 297 g/mol. The largest absolute Gasteiger partial charge is 0.480 e. The first-order chi connectivity index (χ1) is 7.29. The van der Waals surface area contributed by atoms with E-state index in [-0.39, 0.29) is 5.03 Å². The molecule has 1 amide bonds. The van der Waals surface area contributed by atoms with Crippen LogP contribution >= 0.6 is 46.6 Å². The van der Waals surface area contributed by atoms with Crippen molar-refractivity contribution in [2.24, 2.45) is 0 Å². The van der Waals surface area contributed by atoms with Crippen molar-refractivity contribution in [3.05, 3.63) is 10.4 Å². The summed E-state index contributed by atoms with van der Waals surface area (Å²) >= 11 is 18.5. The van der Waals surface area contributed by atoms with Gasteiger partial charge in [0.1, 0.15) is 11.4 Å². The van der Waals surface area contributed by atoms with Gasteiger partial charge in [-0.3, -0.25) is 9.59 Å². The number of halogens is 3. The Balaban J connectivity index is 2.72. The van der Waals surface area contributed by atoms with Crippen molar-refractivity contribution in [2.75, 3.05) is 0 Å². The molecule has 0 aromatic heterocycles. The van der Waals surface area contributed by atoms with E-state index in [1.807, 2.05) is 0 Å². The number of hydrogen-bond donors (Lipinski definition) is 2. The second kappa shape index (κ2) is 5.04. The van der Waals surface area contributed by atoms with Gasteiger partial charge in [0.2, 0.25) is 0 Å². The first-order valence-corrected chi connectivity index (χ1v) is 6.26. The number of carbonyl (C=O) groups is 2. The van der Waals surface area contributed by atoms with Gasteiger partial charge >= 0.3 is 5.97 Å². The molecule has 0 aromatic carbocycles. The lowest BCUT2D eigenvalue weighted by molar-refractivity contribution is -0.141. The Hall–Kier alpha value is -0.100. The third-order valence-corrected chi connectivity index (χ3v) is 5.10. The molecule has 0 radical (unpaired) electrons. The molecule has 4 nitrogen and oxygen atoms in total. The Kier molecular flexibility index (Phi) is 4.40. The van der Waals surface area contributed by atoms with Crippen LogP contribution in [0.15, 0.2) is 10.4 Å². The van der Waals surface area contributed by atoms with Gasteiger partial charge < -0.3 is 10.4 Å². The van der Waals surface area contributed by atoms with Crippen LogP contribution in [0, 0.1) is 0 Å². The molecule has 8 heteroatoms. The molecule has 2 unspecified atom stereocenters. The maximum absolute atomic E-state index is 11.7. The van der Waals surface area contributed by atoms with Gasteiger partial charge in [-0.2, -0.15) is 0 Å². The number of thioether (sulfide) groups is 1. The van der Waals surface area contributed by atoms with Crippen LogP contribution < -0.4 is 5.32 Å². The normalized spacial score (nSPS) is 30.8. The van der Waals surface area contributed by atoms with Gasteiger partial charge in [-0.25, -0.2) is 0 Å². The van der Waals surface area contributed by atoms with Crippen LogP contribution in [-0.2, 0) is 9.59 Å². The van der Waals surface area contributed by atoms with E-state index in [2.05, 4.69) is 5.32 Å². The molecule has 0 aromatic rings. The fraction of sp³-hybridized carbons (Fsp3) is 0.500. The number of carbonyl (C=O) groups excluding carboxylic acids is 1. The number of carboxylic acid groups (broad SMARTS) is 1. The van der Waals surface area contributed by atoms with E-state index in [4.69, 9.17) is 39.9 Å². The van der Waals surface area contributed by atoms with Crippen LogP contribution in [-0.4, -0.2) is 32.6 Å². The molecule has 90 valence electrons. The van der Waals surface area contributed by atoms with E-state index in [1.165, 1.54) is 12.3 Å². The van der Waals surface area contributed by atoms with Gasteiger partial charge in [0, 0.05) is 5.03 Å². The zero-order valence-corrected chi connectivity index (χ0v) is 11.1. The second-order valence-corrected chi connectivity index (χ2v) is 5.97. The van der Waals surface area contributed by atoms with Gasteiger partial charge in [0.05, 0.1) is 0 Å². The molecule has 2 N–H and O–H groups in total. The van der Waals surface area contributed by atoms with Gasteiger partial charge in [-0.05, 0) is 12.3 Å². The topological polar surface area (TPSA) is 66.4 Å². The molecule has 3 atom stereocenters. The Morgan fingerprint density at radius 1 is 1.69 bits per heavy atom. The van der Waals surface area contributed by atoms with Crippen LogP contribution in [0.25, 0.3) is 0 Å². The van der Waals surface area contributed by atoms with E-state index in [0.717, 1.165) is 11.8 Å². The van der Waals surface area contributed by atoms with Gasteiger partial charge in [0.15, 0.2) is 4.21 Å². The van der Waals surface area contributed by atoms with Crippen LogP contribution in [0.2, 0.25) is 0 Å². The zero-order valence-electron chi connectivity index (χ0n) is 8.04. The Morgan fingerprint density at radius 2 is 2.25 bits per heavy atom. The van der Waals surface area contributed by atoms with Gasteiger partial charge in [-0.15, -0.1) is 11.6 Å². The highest BCUT2D eigenvalue weighted by Crippen LogP contribution is 2.48. The fourth-order valence-electron chi connectivity index (χ4n) is 0.964. The smallest absolute Gasteiger partial charge is 0.325 e. The number of amides is 1. The monoisotopic (exact) mass is 303 g/mol. The first-order valence-electron chi connectivity index (χ1n) is 4.19. The summed E-state index contributed by atoms with van der Waals surface area (Å²) in [6, 6.07) is -1.04. The summed E-state index contributed by atoms with van der Waals surface area (Å²) in [4.78, 5) is 22.3. The van der Waals surface area contributed by atoms with E-state index in [1.54, 1.807) is 0 Å². The highest BCUT2D eigenvalue weighted by atomic mass is 35.5. The van der Waals surface area contributed by atoms with E-state index in [9.17, 15) is 9.59 Å². The van der Waals surface area contributed by atoms with E-state index >= 15 is 0 Å². The molecule has 0 bridgehead atoms. The van der Waals surface area contributed by atoms with Crippen molar-refractivity contribution in [1.82, 2.24) is 5.32 Å². The van der Waals surface area contributed by atoms with Gasteiger partial charge in [0.25, 0.3) is 5.91 Å². The Labute approximate surface area is 111 Å². The minimum atomic E-state index is -1.48. The maximum Gasteiger partial charge on any atom is 0.325 e. The summed E-state index contributed by atoms with van der Waals surface area (Å²) in [5, 5.41) is 11.7. The van der Waals surface area contributed by atoms with Crippen molar-refractivity contribution < 1.29 is 14.7 Å².